The summed E-state index contributed by atoms with van der Waals surface area (Å²) in [5.74, 6) is 0.853. The van der Waals surface area contributed by atoms with Crippen LogP contribution >= 0.6 is 0 Å². The van der Waals surface area contributed by atoms with E-state index in [1.54, 1.807) is 7.11 Å². The van der Waals surface area contributed by atoms with E-state index in [2.05, 4.69) is 31.4 Å². The Morgan fingerprint density at radius 3 is 2.40 bits per heavy atom. The number of methoxy groups -OCH3 is 1. The highest BCUT2D eigenvalue weighted by Crippen LogP contribution is 2.52. The molecule has 0 radical (unpaired) electrons. The molecule has 0 aromatic carbocycles. The smallest absolute Gasteiger partial charge is 0.223 e. The van der Waals surface area contributed by atoms with Crippen molar-refractivity contribution in [2.45, 2.75) is 58.6 Å². The molecule has 0 aromatic rings. The van der Waals surface area contributed by atoms with E-state index >= 15 is 0 Å². The Morgan fingerprint density at radius 2 is 1.90 bits per heavy atom. The summed E-state index contributed by atoms with van der Waals surface area (Å²) in [6.07, 6.45) is 4.32. The van der Waals surface area contributed by atoms with Gasteiger partial charge in [-0.3, -0.25) is 4.79 Å². The Morgan fingerprint density at radius 1 is 1.30 bits per heavy atom. The van der Waals surface area contributed by atoms with Gasteiger partial charge >= 0.3 is 0 Å². The number of nitrogens with one attached hydrogen (secondary N) is 2. The van der Waals surface area contributed by atoms with Crippen molar-refractivity contribution in [2.75, 3.05) is 20.2 Å². The van der Waals surface area contributed by atoms with Gasteiger partial charge in [0.2, 0.25) is 5.91 Å². The minimum atomic E-state index is 0.122. The Balaban J connectivity index is 2.01. The van der Waals surface area contributed by atoms with E-state index < -0.39 is 0 Å². The molecule has 2 N–H and O–H groups in total. The molecule has 4 heteroatoms. The monoisotopic (exact) mass is 282 g/mol. The van der Waals surface area contributed by atoms with Gasteiger partial charge in [0.05, 0.1) is 6.10 Å². The number of rotatable bonds is 5. The predicted molar refractivity (Wildman–Crippen MR) is 80.5 cm³/mol. The van der Waals surface area contributed by atoms with Crippen LogP contribution < -0.4 is 10.6 Å². The summed E-state index contributed by atoms with van der Waals surface area (Å²) in [6.45, 7) is 8.55. The molecule has 1 amide bonds. The minimum Gasteiger partial charge on any atom is -0.380 e. The minimum absolute atomic E-state index is 0.122. The molecule has 2 rings (SSSR count). The fourth-order valence-corrected chi connectivity index (χ4v) is 4.45. The lowest BCUT2D eigenvalue weighted by atomic mass is 9.53. The van der Waals surface area contributed by atoms with Crippen LogP contribution in [0.25, 0.3) is 0 Å². The molecule has 1 saturated carbocycles. The molecule has 3 atom stereocenters. The molecule has 1 saturated heterocycles. The Bertz CT molecular complexity index is 335. The normalized spacial score (nSPS) is 33.5. The van der Waals surface area contributed by atoms with E-state index in [1.807, 2.05) is 0 Å². The molecule has 20 heavy (non-hydrogen) atoms. The zero-order chi connectivity index (χ0) is 14.8. The summed E-state index contributed by atoms with van der Waals surface area (Å²) in [5, 5.41) is 6.66. The highest BCUT2D eigenvalue weighted by molar-refractivity contribution is 5.79. The zero-order valence-electron chi connectivity index (χ0n) is 13.4. The molecule has 3 unspecified atom stereocenters. The molecule has 4 nitrogen and oxygen atoms in total. The molecule has 0 bridgehead atoms. The number of carbonyl (C=O) groups excluding carboxylic acids is 1. The average Bonchev–Trinajstić information content (AvgIpc) is 2.50. The third-order valence-electron chi connectivity index (χ3n) is 5.77. The number of carbonyl (C=O) groups is 1. The molecule has 2 fully saturated rings. The highest BCUT2D eigenvalue weighted by Gasteiger charge is 2.59. The standard InChI is InChI=1S/C16H30N2O2/c1-5-16(6-2)13(11(3)14(16)20-4)18-15(19)12-7-9-17-10-8-12/h11-14,17H,5-10H2,1-4H3,(H,18,19). The summed E-state index contributed by atoms with van der Waals surface area (Å²) < 4.78 is 5.69. The van der Waals surface area contributed by atoms with Gasteiger partial charge in [-0.1, -0.05) is 20.8 Å². The lowest BCUT2D eigenvalue weighted by Gasteiger charge is -2.60. The van der Waals surface area contributed by atoms with E-state index in [0.29, 0.717) is 5.92 Å². The number of piperidine rings is 1. The first-order chi connectivity index (χ1) is 9.60. The van der Waals surface area contributed by atoms with Gasteiger partial charge in [0, 0.05) is 30.4 Å². The van der Waals surface area contributed by atoms with Crippen molar-refractivity contribution < 1.29 is 9.53 Å². The second-order valence-electron chi connectivity index (χ2n) is 6.47. The molecule has 1 heterocycles. The van der Waals surface area contributed by atoms with Crippen molar-refractivity contribution in [1.29, 1.82) is 0 Å². The lowest BCUT2D eigenvalue weighted by molar-refractivity contribution is -0.173. The van der Waals surface area contributed by atoms with E-state index in [4.69, 9.17) is 4.74 Å². The largest absolute Gasteiger partial charge is 0.380 e. The first-order valence-electron chi connectivity index (χ1n) is 8.14. The predicted octanol–water partition coefficient (Wildman–Crippen LogP) is 1.94. The Hall–Kier alpha value is -0.610. The van der Waals surface area contributed by atoms with Crippen LogP contribution in [0.2, 0.25) is 0 Å². The van der Waals surface area contributed by atoms with Gasteiger partial charge < -0.3 is 15.4 Å². The summed E-state index contributed by atoms with van der Waals surface area (Å²) in [4.78, 5) is 12.5. The number of hydrogen-bond acceptors (Lipinski definition) is 3. The van der Waals surface area contributed by atoms with E-state index in [0.717, 1.165) is 38.8 Å². The van der Waals surface area contributed by atoms with Crippen LogP contribution in [0.4, 0.5) is 0 Å². The maximum Gasteiger partial charge on any atom is 0.223 e. The van der Waals surface area contributed by atoms with Gasteiger partial charge in [-0.25, -0.2) is 0 Å². The fraction of sp³-hybridized carbons (Fsp3) is 0.938. The fourth-order valence-electron chi connectivity index (χ4n) is 4.45. The SMILES string of the molecule is CCC1(CC)C(NC(=O)C2CCNCC2)C(C)C1OC. The second-order valence-corrected chi connectivity index (χ2v) is 6.47. The van der Waals surface area contributed by atoms with Crippen LogP contribution in [-0.4, -0.2) is 38.3 Å². The van der Waals surface area contributed by atoms with Crippen LogP contribution in [0, 0.1) is 17.3 Å². The zero-order valence-corrected chi connectivity index (χ0v) is 13.4. The van der Waals surface area contributed by atoms with Crippen molar-refractivity contribution >= 4 is 5.91 Å². The van der Waals surface area contributed by atoms with Crippen LogP contribution in [0.15, 0.2) is 0 Å². The van der Waals surface area contributed by atoms with E-state index in [9.17, 15) is 4.79 Å². The maximum atomic E-state index is 12.5. The highest BCUT2D eigenvalue weighted by atomic mass is 16.5. The Labute approximate surface area is 123 Å². The molecule has 0 aromatic heterocycles. The van der Waals surface area contributed by atoms with Gasteiger partial charge in [0.25, 0.3) is 0 Å². The van der Waals surface area contributed by atoms with Crippen molar-refractivity contribution in [2.24, 2.45) is 17.3 Å². The number of hydrogen-bond donors (Lipinski definition) is 2. The molecule has 116 valence electrons. The van der Waals surface area contributed by atoms with Crippen molar-refractivity contribution in [3.8, 4) is 0 Å². The Kier molecular flexibility index (Phi) is 5.08. The molecule has 1 aliphatic carbocycles. The van der Waals surface area contributed by atoms with E-state index in [-0.39, 0.29) is 29.4 Å². The summed E-state index contributed by atoms with van der Waals surface area (Å²) in [7, 11) is 1.80. The second kappa shape index (κ2) is 6.44. The van der Waals surface area contributed by atoms with Crippen LogP contribution in [0.3, 0.4) is 0 Å². The van der Waals surface area contributed by atoms with Crippen LogP contribution in [0.5, 0.6) is 0 Å². The van der Waals surface area contributed by atoms with E-state index in [1.165, 1.54) is 0 Å². The van der Waals surface area contributed by atoms with Gasteiger partial charge in [-0.05, 0) is 38.8 Å². The van der Waals surface area contributed by atoms with Crippen LogP contribution in [0.1, 0.15) is 46.5 Å². The van der Waals surface area contributed by atoms with Crippen LogP contribution in [-0.2, 0) is 9.53 Å². The maximum absolute atomic E-state index is 12.5. The molecular weight excluding hydrogens is 252 g/mol. The van der Waals surface area contributed by atoms with Gasteiger partial charge in [0.1, 0.15) is 0 Å². The number of amides is 1. The molecular formula is C16H30N2O2. The summed E-state index contributed by atoms with van der Waals surface area (Å²) in [5.41, 5.74) is 0.122. The topological polar surface area (TPSA) is 50.4 Å². The first kappa shape index (κ1) is 15.8. The summed E-state index contributed by atoms with van der Waals surface area (Å²) in [6, 6.07) is 0.268. The molecule has 2 aliphatic rings. The number of ether oxygens (including phenoxy) is 1. The lowest BCUT2D eigenvalue weighted by Crippen LogP contribution is -2.70. The molecule has 1 aliphatic heterocycles. The quantitative estimate of drug-likeness (QED) is 0.810. The van der Waals surface area contributed by atoms with Gasteiger partial charge in [-0.2, -0.15) is 0 Å². The molecule has 0 spiro atoms. The average molecular weight is 282 g/mol. The third-order valence-corrected chi connectivity index (χ3v) is 5.77. The summed E-state index contributed by atoms with van der Waals surface area (Å²) >= 11 is 0. The van der Waals surface area contributed by atoms with Gasteiger partial charge in [-0.15, -0.1) is 0 Å². The van der Waals surface area contributed by atoms with Crippen molar-refractivity contribution in [3.05, 3.63) is 0 Å². The third kappa shape index (κ3) is 2.48. The van der Waals surface area contributed by atoms with Gasteiger partial charge in [0.15, 0.2) is 0 Å². The van der Waals surface area contributed by atoms with Crippen molar-refractivity contribution in [3.63, 3.8) is 0 Å². The first-order valence-corrected chi connectivity index (χ1v) is 8.14. The van der Waals surface area contributed by atoms with Crippen molar-refractivity contribution in [1.82, 2.24) is 10.6 Å².